The smallest absolute Gasteiger partial charge is 0.274 e. The van der Waals surface area contributed by atoms with Gasteiger partial charge in [-0.25, -0.2) is 18.7 Å². The minimum atomic E-state index is -2.86. The normalized spacial score (nSPS) is 15.1. The van der Waals surface area contributed by atoms with Crippen molar-refractivity contribution in [1.82, 2.24) is 4.98 Å². The van der Waals surface area contributed by atoms with E-state index in [9.17, 15) is 18.4 Å². The lowest BCUT2D eigenvalue weighted by molar-refractivity contribution is -0.115. The van der Waals surface area contributed by atoms with Gasteiger partial charge in [0.1, 0.15) is 10.6 Å². The maximum absolute atomic E-state index is 13.3. The van der Waals surface area contributed by atoms with Gasteiger partial charge in [0, 0.05) is 6.92 Å². The van der Waals surface area contributed by atoms with E-state index >= 15 is 0 Å². The number of aromatic nitrogens is 1. The molecule has 144 valence electrons. The van der Waals surface area contributed by atoms with Gasteiger partial charge in [0.25, 0.3) is 12.3 Å². The number of hydrogen-bond acceptors (Lipinski definition) is 4. The van der Waals surface area contributed by atoms with Crippen LogP contribution < -0.4 is 4.90 Å². The second-order valence-electron chi connectivity index (χ2n) is 6.80. The van der Waals surface area contributed by atoms with E-state index in [0.717, 1.165) is 47.5 Å². The minimum absolute atomic E-state index is 0.170. The number of carbonyl (C=O) groups is 2. The molecule has 1 heterocycles. The molecule has 0 radical (unpaired) electrons. The number of anilines is 1. The van der Waals surface area contributed by atoms with Crippen molar-refractivity contribution in [3.8, 4) is 0 Å². The number of carbonyl (C=O) groups excluding carboxylic acids is 2. The fourth-order valence-electron chi connectivity index (χ4n) is 3.72. The fourth-order valence-corrected chi connectivity index (χ4v) is 4.58. The zero-order valence-corrected chi connectivity index (χ0v) is 16.2. The van der Waals surface area contributed by atoms with Crippen molar-refractivity contribution in [1.29, 1.82) is 0 Å². The van der Waals surface area contributed by atoms with E-state index in [1.165, 1.54) is 13.3 Å². The first-order valence-corrected chi connectivity index (χ1v) is 9.91. The van der Waals surface area contributed by atoms with Crippen molar-refractivity contribution in [2.45, 2.75) is 58.3 Å². The Kier molecular flexibility index (Phi) is 5.99. The van der Waals surface area contributed by atoms with E-state index < -0.39 is 23.9 Å². The molecule has 2 amide bonds. The number of benzene rings is 1. The molecule has 0 N–H and O–H groups in total. The number of imide groups is 1. The highest BCUT2D eigenvalue weighted by molar-refractivity contribution is 7.14. The molecule has 1 aromatic carbocycles. The summed E-state index contributed by atoms with van der Waals surface area (Å²) in [5.41, 5.74) is 0.873. The molecule has 0 saturated heterocycles. The lowest BCUT2D eigenvalue weighted by atomic mass is 9.83. The maximum Gasteiger partial charge on any atom is 0.282 e. The van der Waals surface area contributed by atoms with Crippen molar-refractivity contribution in [2.24, 2.45) is 0 Å². The molecular formula is C20H22F2N2O2S. The van der Waals surface area contributed by atoms with Crippen LogP contribution in [0.3, 0.4) is 0 Å². The summed E-state index contributed by atoms with van der Waals surface area (Å²) in [7, 11) is 0. The highest BCUT2D eigenvalue weighted by Gasteiger charge is 2.32. The summed E-state index contributed by atoms with van der Waals surface area (Å²) in [5.74, 6) is -0.955. The molecule has 0 unspecified atom stereocenters. The third kappa shape index (κ3) is 4.08. The standard InChI is InChI=1S/C20H22F2N2O2S/c1-12-23-17(19(21)22)18(27-12)20(26)24(13(2)25)16-11-7-6-10-15(16)14-8-4-3-5-9-14/h6-7,10-11,14,19H,3-5,8-9H2,1-2H3. The van der Waals surface area contributed by atoms with Gasteiger partial charge in [-0.2, -0.15) is 0 Å². The van der Waals surface area contributed by atoms with Gasteiger partial charge >= 0.3 is 0 Å². The van der Waals surface area contributed by atoms with Crippen molar-refractivity contribution in [2.75, 3.05) is 4.90 Å². The Morgan fingerprint density at radius 1 is 1.19 bits per heavy atom. The number of amides is 2. The lowest BCUT2D eigenvalue weighted by Crippen LogP contribution is -2.36. The van der Waals surface area contributed by atoms with Gasteiger partial charge in [-0.3, -0.25) is 9.59 Å². The molecule has 1 saturated carbocycles. The van der Waals surface area contributed by atoms with Crippen LogP contribution in [0.5, 0.6) is 0 Å². The topological polar surface area (TPSA) is 50.3 Å². The monoisotopic (exact) mass is 392 g/mol. The van der Waals surface area contributed by atoms with E-state index in [4.69, 9.17) is 0 Å². The lowest BCUT2D eigenvalue weighted by Gasteiger charge is -2.28. The highest BCUT2D eigenvalue weighted by Crippen LogP contribution is 2.39. The average Bonchev–Trinajstić information content (AvgIpc) is 3.05. The van der Waals surface area contributed by atoms with Crippen LogP contribution in [0, 0.1) is 6.92 Å². The van der Waals surface area contributed by atoms with Crippen LogP contribution in [0.15, 0.2) is 24.3 Å². The first-order valence-electron chi connectivity index (χ1n) is 9.09. The summed E-state index contributed by atoms with van der Waals surface area (Å²) in [4.78, 5) is 30.1. The molecule has 1 aromatic heterocycles. The first kappa shape index (κ1) is 19.6. The molecule has 2 aromatic rings. The quantitative estimate of drug-likeness (QED) is 0.677. The summed E-state index contributed by atoms with van der Waals surface area (Å²) in [5, 5.41) is 0.373. The molecule has 0 aliphatic heterocycles. The Hall–Kier alpha value is -2.15. The Balaban J connectivity index is 2.05. The third-order valence-corrected chi connectivity index (χ3v) is 5.88. The molecule has 27 heavy (non-hydrogen) atoms. The predicted molar refractivity (Wildman–Crippen MR) is 102 cm³/mol. The fraction of sp³-hybridized carbons (Fsp3) is 0.450. The Morgan fingerprint density at radius 2 is 1.85 bits per heavy atom. The van der Waals surface area contributed by atoms with Crippen molar-refractivity contribution in [3.05, 3.63) is 45.4 Å². The second kappa shape index (κ2) is 8.25. The van der Waals surface area contributed by atoms with Crippen LogP contribution in [0.25, 0.3) is 0 Å². The summed E-state index contributed by atoms with van der Waals surface area (Å²) in [6, 6.07) is 7.30. The van der Waals surface area contributed by atoms with Gasteiger partial charge in [-0.15, -0.1) is 11.3 Å². The van der Waals surface area contributed by atoms with Crippen LogP contribution in [0.1, 0.15) is 77.3 Å². The molecular weight excluding hydrogens is 370 g/mol. The molecule has 1 aliphatic rings. The number of halogens is 2. The molecule has 1 fully saturated rings. The van der Waals surface area contributed by atoms with Crippen molar-refractivity contribution in [3.63, 3.8) is 0 Å². The van der Waals surface area contributed by atoms with Crippen LogP contribution in [0.2, 0.25) is 0 Å². The molecule has 0 bridgehead atoms. The molecule has 0 spiro atoms. The van der Waals surface area contributed by atoms with Crippen molar-refractivity contribution < 1.29 is 18.4 Å². The SMILES string of the molecule is CC(=O)N(C(=O)c1sc(C)nc1C(F)F)c1ccccc1C1CCCCC1. The summed E-state index contributed by atoms with van der Waals surface area (Å²) in [6.07, 6.45) is 2.54. The zero-order chi connectivity index (χ0) is 19.6. The van der Waals surface area contributed by atoms with Gasteiger partial charge in [0.2, 0.25) is 5.91 Å². The third-order valence-electron chi connectivity index (χ3n) is 4.90. The van der Waals surface area contributed by atoms with E-state index in [0.29, 0.717) is 10.7 Å². The van der Waals surface area contributed by atoms with Crippen LogP contribution in [-0.4, -0.2) is 16.8 Å². The molecule has 1 aliphatic carbocycles. The van der Waals surface area contributed by atoms with Crippen molar-refractivity contribution >= 4 is 28.8 Å². The van der Waals surface area contributed by atoms with E-state index in [-0.39, 0.29) is 10.8 Å². The number of alkyl halides is 2. The Bertz CT molecular complexity index is 844. The number of thiazole rings is 1. The van der Waals surface area contributed by atoms with Gasteiger partial charge < -0.3 is 0 Å². The molecule has 0 atom stereocenters. The number of aryl methyl sites for hydroxylation is 1. The van der Waals surface area contributed by atoms with Crippen LogP contribution in [-0.2, 0) is 4.79 Å². The molecule has 3 rings (SSSR count). The van der Waals surface area contributed by atoms with Gasteiger partial charge in [0.05, 0.1) is 10.7 Å². The Morgan fingerprint density at radius 3 is 2.48 bits per heavy atom. The maximum atomic E-state index is 13.3. The molecule has 7 heteroatoms. The largest absolute Gasteiger partial charge is 0.282 e. The van der Waals surface area contributed by atoms with E-state index in [1.807, 2.05) is 12.1 Å². The van der Waals surface area contributed by atoms with E-state index in [2.05, 4.69) is 4.98 Å². The predicted octanol–water partition coefficient (Wildman–Crippen LogP) is 5.63. The molecule has 4 nitrogen and oxygen atoms in total. The number of para-hydroxylation sites is 1. The van der Waals surface area contributed by atoms with Gasteiger partial charge in [-0.05, 0) is 37.3 Å². The number of rotatable bonds is 4. The van der Waals surface area contributed by atoms with E-state index in [1.54, 1.807) is 19.1 Å². The number of nitrogens with zero attached hydrogens (tertiary/aromatic N) is 2. The van der Waals surface area contributed by atoms with Crippen LogP contribution in [0.4, 0.5) is 14.5 Å². The van der Waals surface area contributed by atoms with Crippen LogP contribution >= 0.6 is 11.3 Å². The van der Waals surface area contributed by atoms with Gasteiger partial charge in [0.15, 0.2) is 0 Å². The zero-order valence-electron chi connectivity index (χ0n) is 15.4. The Labute approximate surface area is 161 Å². The summed E-state index contributed by atoms with van der Waals surface area (Å²) in [6.45, 7) is 2.85. The second-order valence-corrected chi connectivity index (χ2v) is 8.00. The average molecular weight is 392 g/mol. The summed E-state index contributed by atoms with van der Waals surface area (Å²) >= 11 is 0.898. The first-order chi connectivity index (χ1) is 12.9. The number of hydrogen-bond donors (Lipinski definition) is 0. The highest BCUT2D eigenvalue weighted by atomic mass is 32.1. The summed E-state index contributed by atoms with van der Waals surface area (Å²) < 4.78 is 26.7. The van der Waals surface area contributed by atoms with Gasteiger partial charge in [-0.1, -0.05) is 37.5 Å². The minimum Gasteiger partial charge on any atom is -0.274 e.